The molecule has 0 unspecified atom stereocenters. The van der Waals surface area contributed by atoms with E-state index in [1.807, 2.05) is 51.2 Å². The van der Waals surface area contributed by atoms with E-state index in [9.17, 15) is 4.79 Å². The van der Waals surface area contributed by atoms with Gasteiger partial charge in [0, 0.05) is 18.9 Å². The van der Waals surface area contributed by atoms with Crippen LogP contribution in [0.4, 0.5) is 5.69 Å². The van der Waals surface area contributed by atoms with Crippen molar-refractivity contribution < 1.29 is 9.53 Å². The van der Waals surface area contributed by atoms with Gasteiger partial charge in [0.15, 0.2) is 5.65 Å². The second-order valence-corrected chi connectivity index (χ2v) is 6.07. The molecule has 0 aliphatic heterocycles. The van der Waals surface area contributed by atoms with Gasteiger partial charge in [0.25, 0.3) is 0 Å². The van der Waals surface area contributed by atoms with Crippen LogP contribution in [-0.4, -0.2) is 27.3 Å². The molecule has 3 aromatic rings. The number of anilines is 1. The average molecular weight is 338 g/mol. The van der Waals surface area contributed by atoms with Crippen LogP contribution in [0, 0.1) is 13.8 Å². The molecule has 2 aromatic heterocycles. The maximum Gasteiger partial charge on any atom is 0.224 e. The summed E-state index contributed by atoms with van der Waals surface area (Å²) in [6.45, 7) is 4.45. The summed E-state index contributed by atoms with van der Waals surface area (Å²) < 4.78 is 7.45. The summed E-state index contributed by atoms with van der Waals surface area (Å²) in [7, 11) is 1.86. The number of nitrogens with one attached hydrogen (secondary N) is 1. The molecule has 2 heterocycles. The van der Waals surface area contributed by atoms with Crippen LogP contribution >= 0.6 is 0 Å². The minimum Gasteiger partial charge on any atom is -0.493 e. The molecule has 3 rings (SSSR count). The van der Waals surface area contributed by atoms with Gasteiger partial charge in [0.1, 0.15) is 5.75 Å². The molecule has 0 radical (unpaired) electrons. The van der Waals surface area contributed by atoms with Crippen molar-refractivity contribution in [2.24, 2.45) is 7.05 Å². The fourth-order valence-corrected chi connectivity index (χ4v) is 2.73. The van der Waals surface area contributed by atoms with Crippen LogP contribution in [0.2, 0.25) is 0 Å². The Kier molecular flexibility index (Phi) is 4.97. The molecule has 0 aliphatic rings. The zero-order valence-electron chi connectivity index (χ0n) is 14.7. The lowest BCUT2D eigenvalue weighted by atomic mass is 10.2. The highest BCUT2D eigenvalue weighted by molar-refractivity contribution is 5.93. The molecule has 0 fully saturated rings. The third kappa shape index (κ3) is 3.96. The number of hydrogen-bond donors (Lipinski definition) is 1. The van der Waals surface area contributed by atoms with E-state index in [2.05, 4.69) is 15.4 Å². The minimum atomic E-state index is -0.0453. The molecule has 130 valence electrons. The highest BCUT2D eigenvalue weighted by Gasteiger charge is 2.09. The number of nitrogens with zero attached hydrogens (tertiary/aromatic N) is 3. The summed E-state index contributed by atoms with van der Waals surface area (Å²) in [6, 6.07) is 9.77. The summed E-state index contributed by atoms with van der Waals surface area (Å²) in [5.41, 5.74) is 3.49. The van der Waals surface area contributed by atoms with Crippen molar-refractivity contribution in [3.8, 4) is 5.75 Å². The van der Waals surface area contributed by atoms with Gasteiger partial charge in [-0.25, -0.2) is 4.98 Å². The van der Waals surface area contributed by atoms with Crippen molar-refractivity contribution in [1.82, 2.24) is 14.8 Å². The number of fused-ring (bicyclic) bond motifs is 1. The normalized spacial score (nSPS) is 10.8. The molecule has 6 heteroatoms. The number of aryl methyl sites for hydroxylation is 3. The molecular weight excluding hydrogens is 316 g/mol. The summed E-state index contributed by atoms with van der Waals surface area (Å²) in [5, 5.41) is 8.17. The molecule has 0 spiro atoms. The third-order valence-electron chi connectivity index (χ3n) is 4.05. The number of carbonyl (C=O) groups excluding carboxylic acids is 1. The van der Waals surface area contributed by atoms with Crippen LogP contribution in [0.3, 0.4) is 0 Å². The van der Waals surface area contributed by atoms with Gasteiger partial charge in [-0.3, -0.25) is 9.48 Å². The lowest BCUT2D eigenvalue weighted by Gasteiger charge is -2.09. The molecule has 25 heavy (non-hydrogen) atoms. The molecular formula is C19H22N4O2. The largest absolute Gasteiger partial charge is 0.493 e. The van der Waals surface area contributed by atoms with E-state index in [4.69, 9.17) is 4.74 Å². The van der Waals surface area contributed by atoms with Crippen LogP contribution < -0.4 is 10.1 Å². The Morgan fingerprint density at radius 2 is 2.08 bits per heavy atom. The number of benzene rings is 1. The first-order chi connectivity index (χ1) is 12.0. The van der Waals surface area contributed by atoms with Gasteiger partial charge in [-0.05, 0) is 38.0 Å². The SMILES string of the molecule is Cc1ccccc1OCCCC(=O)Nc1cnc2c(c1)c(C)nn2C. The third-order valence-corrected chi connectivity index (χ3v) is 4.05. The summed E-state index contributed by atoms with van der Waals surface area (Å²) in [5.74, 6) is 0.820. The predicted octanol–water partition coefficient (Wildman–Crippen LogP) is 3.38. The van der Waals surface area contributed by atoms with E-state index in [-0.39, 0.29) is 5.91 Å². The number of amides is 1. The predicted molar refractivity (Wildman–Crippen MR) is 97.8 cm³/mol. The van der Waals surface area contributed by atoms with Crippen molar-refractivity contribution in [2.75, 3.05) is 11.9 Å². The summed E-state index contributed by atoms with van der Waals surface area (Å²) >= 11 is 0. The Balaban J connectivity index is 1.51. The van der Waals surface area contributed by atoms with E-state index in [0.29, 0.717) is 25.1 Å². The second-order valence-electron chi connectivity index (χ2n) is 6.07. The Bertz CT molecular complexity index is 902. The fourth-order valence-electron chi connectivity index (χ4n) is 2.73. The quantitative estimate of drug-likeness (QED) is 0.700. The summed E-state index contributed by atoms with van der Waals surface area (Å²) in [4.78, 5) is 16.5. The van der Waals surface area contributed by atoms with E-state index in [1.54, 1.807) is 10.9 Å². The standard InChI is InChI=1S/C19H22N4O2/c1-13-7-4-5-8-17(13)25-10-6-9-18(24)21-15-11-16-14(2)22-23(3)19(16)20-12-15/h4-5,7-8,11-12H,6,9-10H2,1-3H3,(H,21,24). The Labute approximate surface area is 146 Å². The highest BCUT2D eigenvalue weighted by atomic mass is 16.5. The smallest absolute Gasteiger partial charge is 0.224 e. The van der Waals surface area contributed by atoms with Crippen LogP contribution in [-0.2, 0) is 11.8 Å². The van der Waals surface area contributed by atoms with Gasteiger partial charge in [-0.2, -0.15) is 5.10 Å². The number of para-hydroxylation sites is 1. The molecule has 6 nitrogen and oxygen atoms in total. The number of rotatable bonds is 6. The second kappa shape index (κ2) is 7.34. The zero-order valence-corrected chi connectivity index (χ0v) is 14.7. The highest BCUT2D eigenvalue weighted by Crippen LogP contribution is 2.19. The number of aromatic nitrogens is 3. The molecule has 0 aliphatic carbocycles. The van der Waals surface area contributed by atoms with Gasteiger partial charge < -0.3 is 10.1 Å². The van der Waals surface area contributed by atoms with Crippen LogP contribution in [0.5, 0.6) is 5.75 Å². The topological polar surface area (TPSA) is 69.0 Å². The van der Waals surface area contributed by atoms with Crippen molar-refractivity contribution in [1.29, 1.82) is 0 Å². The molecule has 0 saturated heterocycles. The molecule has 0 bridgehead atoms. The first-order valence-corrected chi connectivity index (χ1v) is 8.32. The van der Waals surface area contributed by atoms with Gasteiger partial charge >= 0.3 is 0 Å². The van der Waals surface area contributed by atoms with Gasteiger partial charge in [0.05, 0.1) is 24.2 Å². The van der Waals surface area contributed by atoms with E-state index in [1.165, 1.54) is 0 Å². The van der Waals surface area contributed by atoms with Crippen molar-refractivity contribution >= 4 is 22.6 Å². The fraction of sp³-hybridized carbons (Fsp3) is 0.316. The first-order valence-electron chi connectivity index (χ1n) is 8.32. The number of pyridine rings is 1. The molecule has 0 saturated carbocycles. The monoisotopic (exact) mass is 338 g/mol. The number of carbonyl (C=O) groups is 1. The average Bonchev–Trinajstić information content (AvgIpc) is 2.87. The minimum absolute atomic E-state index is 0.0453. The van der Waals surface area contributed by atoms with Crippen LogP contribution in [0.25, 0.3) is 11.0 Å². The van der Waals surface area contributed by atoms with E-state index >= 15 is 0 Å². The summed E-state index contributed by atoms with van der Waals surface area (Å²) in [6.07, 6.45) is 2.71. The Morgan fingerprint density at radius 3 is 2.88 bits per heavy atom. The number of ether oxygens (including phenoxy) is 1. The Hall–Kier alpha value is -2.89. The van der Waals surface area contributed by atoms with Crippen molar-refractivity contribution in [3.05, 3.63) is 47.8 Å². The maximum atomic E-state index is 12.1. The molecule has 1 aromatic carbocycles. The molecule has 0 atom stereocenters. The first kappa shape index (κ1) is 17.0. The Morgan fingerprint density at radius 1 is 1.28 bits per heavy atom. The van der Waals surface area contributed by atoms with E-state index < -0.39 is 0 Å². The number of hydrogen-bond acceptors (Lipinski definition) is 4. The van der Waals surface area contributed by atoms with Gasteiger partial charge in [-0.15, -0.1) is 0 Å². The zero-order chi connectivity index (χ0) is 17.8. The van der Waals surface area contributed by atoms with Crippen molar-refractivity contribution in [2.45, 2.75) is 26.7 Å². The van der Waals surface area contributed by atoms with Crippen molar-refractivity contribution in [3.63, 3.8) is 0 Å². The molecule has 1 N–H and O–H groups in total. The molecule has 1 amide bonds. The van der Waals surface area contributed by atoms with E-state index in [0.717, 1.165) is 28.0 Å². The lowest BCUT2D eigenvalue weighted by molar-refractivity contribution is -0.116. The van der Waals surface area contributed by atoms with Crippen LogP contribution in [0.15, 0.2) is 36.5 Å². The van der Waals surface area contributed by atoms with Gasteiger partial charge in [-0.1, -0.05) is 18.2 Å². The maximum absolute atomic E-state index is 12.1. The van der Waals surface area contributed by atoms with Gasteiger partial charge in [0.2, 0.25) is 5.91 Å². The van der Waals surface area contributed by atoms with Crippen LogP contribution in [0.1, 0.15) is 24.1 Å². The lowest BCUT2D eigenvalue weighted by Crippen LogP contribution is -2.13.